The molecule has 1 atom stereocenters. The molecule has 4 rings (SSSR count). The Hall–Kier alpha value is -2.22. The van der Waals surface area contributed by atoms with Gasteiger partial charge in [-0.3, -0.25) is 0 Å². The molecule has 3 aromatic rings. The first-order chi connectivity index (χ1) is 11.4. The second-order valence-corrected chi connectivity index (χ2v) is 6.25. The standard InChI is InChI=1S/C16H10BrF3N2O2/c17-8-5-9(16(18,19)20)14-10(6-8)21-15(22-14)13-7-23-11-3-1-2-4-12(11)24-13/h1-6,13H,7H2,(H,21,22). The molecular weight excluding hydrogens is 389 g/mol. The SMILES string of the molecule is FC(F)(F)c1cc(Br)cc2nc(C3COc4ccccc4O3)[nH]c12. The van der Waals surface area contributed by atoms with Gasteiger partial charge in [-0.2, -0.15) is 13.2 Å². The van der Waals surface area contributed by atoms with Gasteiger partial charge in [0.1, 0.15) is 6.61 Å². The van der Waals surface area contributed by atoms with Gasteiger partial charge in [0.2, 0.25) is 0 Å². The number of rotatable bonds is 1. The quantitative estimate of drug-likeness (QED) is 0.636. The van der Waals surface area contributed by atoms with Crippen molar-refractivity contribution in [2.75, 3.05) is 6.61 Å². The number of imidazole rings is 1. The first-order valence-electron chi connectivity index (χ1n) is 7.06. The number of hydrogen-bond acceptors (Lipinski definition) is 3. The minimum atomic E-state index is -4.48. The first-order valence-corrected chi connectivity index (χ1v) is 7.86. The maximum atomic E-state index is 13.2. The third-order valence-corrected chi connectivity index (χ3v) is 4.15. The van der Waals surface area contributed by atoms with E-state index in [2.05, 4.69) is 25.9 Å². The molecule has 1 unspecified atom stereocenters. The lowest BCUT2D eigenvalue weighted by Gasteiger charge is -2.24. The Bertz CT molecular complexity index is 923. The van der Waals surface area contributed by atoms with E-state index >= 15 is 0 Å². The number of benzene rings is 2. The number of ether oxygens (including phenoxy) is 2. The van der Waals surface area contributed by atoms with E-state index in [4.69, 9.17) is 9.47 Å². The summed E-state index contributed by atoms with van der Waals surface area (Å²) in [6, 6.07) is 9.67. The molecule has 0 fully saturated rings. The average molecular weight is 399 g/mol. The van der Waals surface area contributed by atoms with Gasteiger partial charge >= 0.3 is 6.18 Å². The van der Waals surface area contributed by atoms with Crippen LogP contribution in [0.4, 0.5) is 13.2 Å². The van der Waals surface area contributed by atoms with Gasteiger partial charge < -0.3 is 14.5 Å². The van der Waals surface area contributed by atoms with Gasteiger partial charge in [-0.1, -0.05) is 28.1 Å². The van der Waals surface area contributed by atoms with E-state index in [1.165, 1.54) is 6.07 Å². The lowest BCUT2D eigenvalue weighted by Crippen LogP contribution is -2.22. The largest absolute Gasteiger partial charge is 0.485 e. The predicted octanol–water partition coefficient (Wildman–Crippen LogP) is 4.86. The summed E-state index contributed by atoms with van der Waals surface area (Å²) in [6.07, 6.45) is -5.09. The fourth-order valence-electron chi connectivity index (χ4n) is 2.63. The highest BCUT2D eigenvalue weighted by Gasteiger charge is 2.35. The summed E-state index contributed by atoms with van der Waals surface area (Å²) >= 11 is 3.09. The third kappa shape index (κ3) is 2.60. The summed E-state index contributed by atoms with van der Waals surface area (Å²) in [5.74, 6) is 1.43. The number of aromatic amines is 1. The van der Waals surface area contributed by atoms with Crippen LogP contribution in [-0.2, 0) is 6.18 Å². The molecule has 0 spiro atoms. The van der Waals surface area contributed by atoms with E-state index in [-0.39, 0.29) is 17.6 Å². The van der Waals surface area contributed by atoms with Gasteiger partial charge in [-0.05, 0) is 24.3 Å². The zero-order valence-electron chi connectivity index (χ0n) is 12.0. The lowest BCUT2D eigenvalue weighted by molar-refractivity contribution is -0.136. The Morgan fingerprint density at radius 3 is 2.67 bits per heavy atom. The van der Waals surface area contributed by atoms with Crippen LogP contribution in [-0.4, -0.2) is 16.6 Å². The maximum Gasteiger partial charge on any atom is 0.418 e. The summed E-state index contributed by atoms with van der Waals surface area (Å²) in [5.41, 5.74) is -0.625. The van der Waals surface area contributed by atoms with E-state index in [1.807, 2.05) is 6.07 Å². The number of para-hydroxylation sites is 2. The molecule has 1 N–H and O–H groups in total. The second kappa shape index (κ2) is 5.41. The van der Waals surface area contributed by atoms with Crippen LogP contribution in [0, 0.1) is 0 Å². The highest BCUT2D eigenvalue weighted by Crippen LogP contribution is 2.39. The van der Waals surface area contributed by atoms with Crippen LogP contribution in [0.15, 0.2) is 40.9 Å². The van der Waals surface area contributed by atoms with E-state index in [0.29, 0.717) is 21.8 Å². The molecule has 124 valence electrons. The molecule has 0 radical (unpaired) electrons. The first kappa shape index (κ1) is 15.3. The molecule has 1 aromatic heterocycles. The molecule has 4 nitrogen and oxygen atoms in total. The van der Waals surface area contributed by atoms with Crippen molar-refractivity contribution in [2.45, 2.75) is 12.3 Å². The van der Waals surface area contributed by atoms with Gasteiger partial charge in [0, 0.05) is 4.47 Å². The highest BCUT2D eigenvalue weighted by atomic mass is 79.9. The van der Waals surface area contributed by atoms with Gasteiger partial charge in [-0.25, -0.2) is 4.98 Å². The normalized spacial score (nSPS) is 17.2. The van der Waals surface area contributed by atoms with Crippen molar-refractivity contribution < 1.29 is 22.6 Å². The van der Waals surface area contributed by atoms with Crippen molar-refractivity contribution >= 4 is 27.0 Å². The van der Waals surface area contributed by atoms with E-state index < -0.39 is 17.8 Å². The molecule has 0 amide bonds. The third-order valence-electron chi connectivity index (χ3n) is 3.70. The van der Waals surface area contributed by atoms with Crippen molar-refractivity contribution in [3.63, 3.8) is 0 Å². The predicted molar refractivity (Wildman–Crippen MR) is 84.1 cm³/mol. The fraction of sp³-hybridized carbons (Fsp3) is 0.188. The summed E-state index contributed by atoms with van der Waals surface area (Å²) in [6.45, 7) is 0.166. The number of aromatic nitrogens is 2. The van der Waals surface area contributed by atoms with Crippen LogP contribution in [0.3, 0.4) is 0 Å². The van der Waals surface area contributed by atoms with Crippen molar-refractivity contribution in [2.24, 2.45) is 0 Å². The minimum absolute atomic E-state index is 0.0665. The maximum absolute atomic E-state index is 13.2. The summed E-state index contributed by atoms with van der Waals surface area (Å²) < 4.78 is 51.4. The molecule has 0 saturated heterocycles. The molecule has 24 heavy (non-hydrogen) atoms. The van der Waals surface area contributed by atoms with Gasteiger partial charge in [0.25, 0.3) is 0 Å². The number of hydrogen-bond donors (Lipinski definition) is 1. The van der Waals surface area contributed by atoms with Crippen LogP contribution in [0.5, 0.6) is 11.5 Å². The molecule has 0 saturated carbocycles. The Morgan fingerprint density at radius 1 is 1.17 bits per heavy atom. The Balaban J connectivity index is 1.77. The molecule has 1 aliphatic heterocycles. The number of nitrogens with zero attached hydrogens (tertiary/aromatic N) is 1. The molecule has 0 aliphatic carbocycles. The molecule has 2 aromatic carbocycles. The Kier molecular flexibility index (Phi) is 3.45. The van der Waals surface area contributed by atoms with Crippen molar-refractivity contribution in [1.29, 1.82) is 0 Å². The van der Waals surface area contributed by atoms with Crippen molar-refractivity contribution in [3.05, 3.63) is 52.3 Å². The second-order valence-electron chi connectivity index (χ2n) is 5.33. The average Bonchev–Trinajstić information content (AvgIpc) is 2.96. The van der Waals surface area contributed by atoms with E-state index in [0.717, 1.165) is 6.07 Å². The van der Waals surface area contributed by atoms with Crippen LogP contribution >= 0.6 is 15.9 Å². The molecule has 8 heteroatoms. The van der Waals surface area contributed by atoms with Crippen LogP contribution in [0.25, 0.3) is 11.0 Å². The zero-order valence-corrected chi connectivity index (χ0v) is 13.6. The zero-order chi connectivity index (χ0) is 16.9. The summed E-state index contributed by atoms with van der Waals surface area (Å²) in [7, 11) is 0. The number of H-pyrrole nitrogens is 1. The smallest absolute Gasteiger partial charge is 0.418 e. The summed E-state index contributed by atoms with van der Waals surface area (Å²) in [4.78, 5) is 7.00. The molecular formula is C16H10BrF3N2O2. The summed E-state index contributed by atoms with van der Waals surface area (Å²) in [5, 5.41) is 0. The van der Waals surface area contributed by atoms with Crippen LogP contribution in [0.2, 0.25) is 0 Å². The molecule has 2 heterocycles. The van der Waals surface area contributed by atoms with Crippen molar-refractivity contribution in [1.82, 2.24) is 9.97 Å². The Morgan fingerprint density at radius 2 is 1.92 bits per heavy atom. The van der Waals surface area contributed by atoms with E-state index in [1.54, 1.807) is 18.2 Å². The topological polar surface area (TPSA) is 47.1 Å². The van der Waals surface area contributed by atoms with Crippen molar-refractivity contribution in [3.8, 4) is 11.5 Å². The van der Waals surface area contributed by atoms with Gasteiger partial charge in [0.05, 0.1) is 16.6 Å². The highest BCUT2D eigenvalue weighted by molar-refractivity contribution is 9.10. The molecule has 1 aliphatic rings. The van der Waals surface area contributed by atoms with E-state index in [9.17, 15) is 13.2 Å². The van der Waals surface area contributed by atoms with Gasteiger partial charge in [-0.15, -0.1) is 0 Å². The van der Waals surface area contributed by atoms with Crippen LogP contribution < -0.4 is 9.47 Å². The molecule has 0 bridgehead atoms. The lowest BCUT2D eigenvalue weighted by atomic mass is 10.2. The monoisotopic (exact) mass is 398 g/mol. The Labute approximate surface area is 142 Å². The fourth-order valence-corrected chi connectivity index (χ4v) is 3.07. The van der Waals surface area contributed by atoms with Gasteiger partial charge in [0.15, 0.2) is 23.4 Å². The number of halogens is 4. The number of alkyl halides is 3. The minimum Gasteiger partial charge on any atom is -0.485 e. The number of nitrogens with one attached hydrogen (secondary N) is 1. The van der Waals surface area contributed by atoms with Crippen LogP contribution in [0.1, 0.15) is 17.5 Å². The number of fused-ring (bicyclic) bond motifs is 2.